The van der Waals surface area contributed by atoms with Gasteiger partial charge in [-0.15, -0.1) is 0 Å². The molecule has 0 aromatic heterocycles. The van der Waals surface area contributed by atoms with Crippen molar-refractivity contribution >= 4 is 15.5 Å². The first-order chi connectivity index (χ1) is 8.99. The topological polar surface area (TPSA) is 49.4 Å². The third-order valence-corrected chi connectivity index (χ3v) is 5.65. The maximum atomic E-state index is 12.0. The predicted octanol–water partition coefficient (Wildman–Crippen LogP) is 1.42. The molecule has 0 radical (unpaired) electrons. The lowest BCUT2D eigenvalue weighted by Gasteiger charge is -2.29. The second-order valence-electron chi connectivity index (χ2n) is 5.26. The molecule has 1 aromatic rings. The zero-order valence-corrected chi connectivity index (χ0v) is 12.4. The van der Waals surface area contributed by atoms with Crippen LogP contribution in [0.3, 0.4) is 0 Å². The summed E-state index contributed by atoms with van der Waals surface area (Å²) in [4.78, 5) is 2.29. The Kier molecular flexibility index (Phi) is 4.47. The number of rotatable bonds is 4. The minimum atomic E-state index is -3.03. The molecule has 0 spiro atoms. The maximum Gasteiger partial charge on any atom is 0.156 e. The molecule has 0 aliphatic carbocycles. The molecule has 1 aliphatic heterocycles. The summed E-state index contributed by atoms with van der Waals surface area (Å²) in [6, 6.07) is 7.90. The molecule has 1 aromatic carbocycles. The van der Waals surface area contributed by atoms with Crippen LogP contribution >= 0.6 is 0 Å². The fourth-order valence-corrected chi connectivity index (χ4v) is 3.14. The Morgan fingerprint density at radius 3 is 2.58 bits per heavy atom. The van der Waals surface area contributed by atoms with Gasteiger partial charge in [0.1, 0.15) is 0 Å². The van der Waals surface area contributed by atoms with Gasteiger partial charge in [0.15, 0.2) is 9.84 Å². The average Bonchev–Trinajstić information content (AvgIpc) is 2.39. The van der Waals surface area contributed by atoms with Gasteiger partial charge in [-0.1, -0.05) is 12.1 Å². The first-order valence-corrected chi connectivity index (χ1v) is 8.47. The number of nitrogens with one attached hydrogen (secondary N) is 1. The summed E-state index contributed by atoms with van der Waals surface area (Å²) in [5, 5.41) is 2.99. The predicted molar refractivity (Wildman–Crippen MR) is 79.3 cm³/mol. The Labute approximate surface area is 115 Å². The zero-order valence-electron chi connectivity index (χ0n) is 11.6. The van der Waals surface area contributed by atoms with Crippen LogP contribution in [0.15, 0.2) is 24.3 Å². The van der Waals surface area contributed by atoms with Gasteiger partial charge < -0.3 is 10.2 Å². The smallest absolute Gasteiger partial charge is 0.156 e. The van der Waals surface area contributed by atoms with Crippen molar-refractivity contribution in [2.45, 2.75) is 24.9 Å². The Hall–Kier alpha value is -1.07. The normalized spacial score (nSPS) is 16.9. The standard InChI is InChI=1S/C14H22N2O2S/c1-12(2)19(17,18)11-13-4-3-5-14(10-13)16-8-6-15-7-9-16/h3-5,10,12,15H,6-9,11H2,1-2H3. The van der Waals surface area contributed by atoms with Crippen molar-refractivity contribution in [3.63, 3.8) is 0 Å². The maximum absolute atomic E-state index is 12.0. The first-order valence-electron chi connectivity index (χ1n) is 6.75. The van der Waals surface area contributed by atoms with Gasteiger partial charge in [-0.05, 0) is 31.5 Å². The molecule has 1 heterocycles. The van der Waals surface area contributed by atoms with Crippen LogP contribution in [0.4, 0.5) is 5.69 Å². The number of hydrogen-bond donors (Lipinski definition) is 1. The quantitative estimate of drug-likeness (QED) is 0.907. The molecule has 1 saturated heterocycles. The van der Waals surface area contributed by atoms with E-state index in [0.717, 1.165) is 37.4 Å². The van der Waals surface area contributed by atoms with Crippen molar-refractivity contribution in [2.24, 2.45) is 0 Å². The monoisotopic (exact) mass is 282 g/mol. The van der Waals surface area contributed by atoms with E-state index in [1.807, 2.05) is 18.2 Å². The van der Waals surface area contributed by atoms with E-state index in [9.17, 15) is 8.42 Å². The van der Waals surface area contributed by atoms with E-state index < -0.39 is 9.84 Å². The highest BCUT2D eigenvalue weighted by molar-refractivity contribution is 7.91. The van der Waals surface area contributed by atoms with Gasteiger partial charge in [-0.2, -0.15) is 0 Å². The van der Waals surface area contributed by atoms with Gasteiger partial charge in [-0.25, -0.2) is 8.42 Å². The van der Waals surface area contributed by atoms with E-state index in [1.165, 1.54) is 0 Å². The van der Waals surface area contributed by atoms with Crippen LogP contribution in [0.1, 0.15) is 19.4 Å². The lowest BCUT2D eigenvalue weighted by molar-refractivity contribution is 0.585. The van der Waals surface area contributed by atoms with Crippen LogP contribution in [0.2, 0.25) is 0 Å². The second-order valence-corrected chi connectivity index (χ2v) is 7.82. The van der Waals surface area contributed by atoms with Gasteiger partial charge in [-0.3, -0.25) is 0 Å². The number of hydrogen-bond acceptors (Lipinski definition) is 4. The average molecular weight is 282 g/mol. The van der Waals surface area contributed by atoms with Crippen LogP contribution in [-0.4, -0.2) is 39.8 Å². The Bertz CT molecular complexity index is 520. The molecular weight excluding hydrogens is 260 g/mol. The van der Waals surface area contributed by atoms with Gasteiger partial charge >= 0.3 is 0 Å². The van der Waals surface area contributed by atoms with Crippen LogP contribution < -0.4 is 10.2 Å². The number of nitrogens with zero attached hydrogens (tertiary/aromatic N) is 1. The summed E-state index contributed by atoms with van der Waals surface area (Å²) in [5.74, 6) is 0.130. The van der Waals surface area contributed by atoms with E-state index in [0.29, 0.717) is 0 Å². The lowest BCUT2D eigenvalue weighted by Crippen LogP contribution is -2.43. The molecule has 1 aliphatic rings. The number of anilines is 1. The Morgan fingerprint density at radius 1 is 1.26 bits per heavy atom. The molecule has 2 rings (SSSR count). The summed E-state index contributed by atoms with van der Waals surface area (Å²) in [6.45, 7) is 7.37. The molecule has 5 heteroatoms. The molecule has 1 fully saturated rings. The van der Waals surface area contributed by atoms with Crippen molar-refractivity contribution < 1.29 is 8.42 Å². The molecule has 0 bridgehead atoms. The van der Waals surface area contributed by atoms with E-state index in [1.54, 1.807) is 13.8 Å². The zero-order chi connectivity index (χ0) is 13.9. The van der Waals surface area contributed by atoms with Crippen molar-refractivity contribution in [3.8, 4) is 0 Å². The molecular formula is C14H22N2O2S. The first kappa shape index (κ1) is 14.3. The van der Waals surface area contributed by atoms with Crippen molar-refractivity contribution in [1.29, 1.82) is 0 Å². The van der Waals surface area contributed by atoms with Crippen molar-refractivity contribution in [2.75, 3.05) is 31.1 Å². The minimum absolute atomic E-state index is 0.130. The molecule has 0 saturated carbocycles. The fraction of sp³-hybridized carbons (Fsp3) is 0.571. The molecule has 106 valence electrons. The number of sulfone groups is 1. The summed E-state index contributed by atoms with van der Waals surface area (Å²) >= 11 is 0. The van der Waals surface area contributed by atoms with Crippen molar-refractivity contribution in [1.82, 2.24) is 5.32 Å². The molecule has 4 nitrogen and oxygen atoms in total. The molecule has 1 N–H and O–H groups in total. The van der Waals surface area contributed by atoms with Crippen LogP contribution in [0, 0.1) is 0 Å². The third-order valence-electron chi connectivity index (χ3n) is 3.48. The molecule has 0 unspecified atom stereocenters. The number of piperazine rings is 1. The highest BCUT2D eigenvalue weighted by atomic mass is 32.2. The Morgan fingerprint density at radius 2 is 1.95 bits per heavy atom. The minimum Gasteiger partial charge on any atom is -0.369 e. The Balaban J connectivity index is 2.15. The highest BCUT2D eigenvalue weighted by Crippen LogP contribution is 2.19. The number of benzene rings is 1. The summed E-state index contributed by atoms with van der Waals surface area (Å²) in [5.41, 5.74) is 2.00. The summed E-state index contributed by atoms with van der Waals surface area (Å²) in [7, 11) is -3.03. The van der Waals surface area contributed by atoms with Gasteiger partial charge in [0, 0.05) is 31.9 Å². The second kappa shape index (κ2) is 5.92. The fourth-order valence-electron chi connectivity index (χ4n) is 2.16. The van der Waals surface area contributed by atoms with E-state index >= 15 is 0 Å². The van der Waals surface area contributed by atoms with E-state index in [2.05, 4.69) is 16.3 Å². The van der Waals surface area contributed by atoms with E-state index in [4.69, 9.17) is 0 Å². The highest BCUT2D eigenvalue weighted by Gasteiger charge is 2.17. The van der Waals surface area contributed by atoms with Crippen LogP contribution in [-0.2, 0) is 15.6 Å². The molecule has 0 atom stereocenters. The molecule has 19 heavy (non-hydrogen) atoms. The third kappa shape index (κ3) is 3.70. The SMILES string of the molecule is CC(C)S(=O)(=O)Cc1cccc(N2CCNCC2)c1. The summed E-state index contributed by atoms with van der Waals surface area (Å²) < 4.78 is 23.9. The van der Waals surface area contributed by atoms with Gasteiger partial charge in [0.25, 0.3) is 0 Å². The summed E-state index contributed by atoms with van der Waals surface area (Å²) in [6.07, 6.45) is 0. The molecule has 0 amide bonds. The van der Waals surface area contributed by atoms with Gasteiger partial charge in [0.2, 0.25) is 0 Å². The van der Waals surface area contributed by atoms with Crippen molar-refractivity contribution in [3.05, 3.63) is 29.8 Å². The van der Waals surface area contributed by atoms with Crippen LogP contribution in [0.25, 0.3) is 0 Å². The lowest BCUT2D eigenvalue weighted by atomic mass is 10.2. The largest absolute Gasteiger partial charge is 0.369 e. The van der Waals surface area contributed by atoms with Gasteiger partial charge in [0.05, 0.1) is 11.0 Å². The van der Waals surface area contributed by atoms with Crippen LogP contribution in [0.5, 0.6) is 0 Å². The van der Waals surface area contributed by atoms with E-state index in [-0.39, 0.29) is 11.0 Å².